The van der Waals surface area contributed by atoms with Crippen LogP contribution in [0.4, 0.5) is 5.69 Å². The van der Waals surface area contributed by atoms with Crippen molar-refractivity contribution in [2.45, 2.75) is 18.6 Å². The van der Waals surface area contributed by atoms with Crippen molar-refractivity contribution in [3.63, 3.8) is 0 Å². The average Bonchev–Trinajstić information content (AvgIpc) is 3.19. The van der Waals surface area contributed by atoms with Gasteiger partial charge in [0.05, 0.1) is 35.1 Å². The second-order valence-electron chi connectivity index (χ2n) is 5.86. The summed E-state index contributed by atoms with van der Waals surface area (Å²) in [6.45, 7) is 1.93. The normalized spacial score (nSPS) is 20.0. The minimum atomic E-state index is -2.97. The first-order valence-electron chi connectivity index (χ1n) is 8.10. The molecule has 0 aliphatic carbocycles. The highest BCUT2D eigenvalue weighted by atomic mass is 32.2. The summed E-state index contributed by atoms with van der Waals surface area (Å²) in [6, 6.07) is 2.99. The van der Waals surface area contributed by atoms with Crippen LogP contribution in [-0.4, -0.2) is 56.2 Å². The molecule has 1 saturated heterocycles. The molecular weight excluding hydrogens is 382 g/mol. The lowest BCUT2D eigenvalue weighted by Gasteiger charge is -2.11. The summed E-state index contributed by atoms with van der Waals surface area (Å²) in [5.41, 5.74) is 0.577. The van der Waals surface area contributed by atoms with Crippen LogP contribution in [0.3, 0.4) is 0 Å². The standard InChI is InChI=1S/C16H19NO7S2/c1-2-22-16(19)10-5-12(15-13(6-10)23-9-24-15)17-14(18)7-25-11-3-4-26(20,21)8-11/h5-6,11H,2-4,7-9H2,1H3,(H,17,18)/t11-/m0/s1. The van der Waals surface area contributed by atoms with Crippen LogP contribution in [-0.2, 0) is 19.4 Å². The van der Waals surface area contributed by atoms with Gasteiger partial charge in [0.2, 0.25) is 12.7 Å². The van der Waals surface area contributed by atoms with Crippen molar-refractivity contribution < 1.29 is 32.2 Å². The van der Waals surface area contributed by atoms with E-state index < -0.39 is 15.8 Å². The van der Waals surface area contributed by atoms with Crippen molar-refractivity contribution >= 4 is 39.2 Å². The molecule has 10 heteroatoms. The van der Waals surface area contributed by atoms with E-state index in [-0.39, 0.29) is 47.4 Å². The SMILES string of the molecule is CCOC(=O)c1cc(NC(=O)CS[C@H]2CCS(=O)(=O)C2)c2c(c1)OCO2. The molecule has 0 unspecified atom stereocenters. The fourth-order valence-corrected chi connectivity index (χ4v) is 6.15. The van der Waals surface area contributed by atoms with E-state index >= 15 is 0 Å². The van der Waals surface area contributed by atoms with Gasteiger partial charge >= 0.3 is 5.97 Å². The summed E-state index contributed by atoms with van der Waals surface area (Å²) in [5.74, 6) is 0.284. The number of hydrogen-bond donors (Lipinski definition) is 1. The number of fused-ring (bicyclic) bond motifs is 1. The Morgan fingerprint density at radius 1 is 1.35 bits per heavy atom. The van der Waals surface area contributed by atoms with E-state index in [2.05, 4.69) is 5.32 Å². The minimum Gasteiger partial charge on any atom is -0.462 e. The van der Waals surface area contributed by atoms with Gasteiger partial charge in [0.15, 0.2) is 21.3 Å². The van der Waals surface area contributed by atoms with E-state index in [9.17, 15) is 18.0 Å². The fourth-order valence-electron chi connectivity index (χ4n) is 2.71. The number of hydrogen-bond acceptors (Lipinski definition) is 8. The van der Waals surface area contributed by atoms with Gasteiger partial charge in [-0.3, -0.25) is 4.79 Å². The maximum atomic E-state index is 12.2. The number of amides is 1. The molecule has 1 N–H and O–H groups in total. The molecule has 3 rings (SSSR count). The third-order valence-corrected chi connectivity index (χ3v) is 7.18. The van der Waals surface area contributed by atoms with Gasteiger partial charge in [-0.25, -0.2) is 13.2 Å². The van der Waals surface area contributed by atoms with Crippen molar-refractivity contribution in [2.75, 3.05) is 36.0 Å². The Morgan fingerprint density at radius 3 is 2.85 bits per heavy atom. The van der Waals surface area contributed by atoms with E-state index in [1.54, 1.807) is 6.92 Å². The van der Waals surface area contributed by atoms with Crippen LogP contribution >= 0.6 is 11.8 Å². The second kappa shape index (κ2) is 7.75. The van der Waals surface area contributed by atoms with Crippen molar-refractivity contribution in [1.82, 2.24) is 0 Å². The number of benzene rings is 1. The van der Waals surface area contributed by atoms with Crippen molar-refractivity contribution in [3.05, 3.63) is 17.7 Å². The number of ether oxygens (including phenoxy) is 3. The van der Waals surface area contributed by atoms with Gasteiger partial charge in [0, 0.05) is 5.25 Å². The van der Waals surface area contributed by atoms with Crippen molar-refractivity contribution in [3.8, 4) is 11.5 Å². The van der Waals surface area contributed by atoms with Crippen LogP contribution in [0, 0.1) is 0 Å². The third kappa shape index (κ3) is 4.42. The van der Waals surface area contributed by atoms with Gasteiger partial charge < -0.3 is 19.5 Å². The van der Waals surface area contributed by atoms with Gasteiger partial charge in [-0.1, -0.05) is 0 Å². The number of thioether (sulfide) groups is 1. The van der Waals surface area contributed by atoms with Gasteiger partial charge in [0.1, 0.15) is 0 Å². The van der Waals surface area contributed by atoms with E-state index in [0.29, 0.717) is 23.6 Å². The summed E-state index contributed by atoms with van der Waals surface area (Å²) in [7, 11) is -2.97. The van der Waals surface area contributed by atoms with Crippen molar-refractivity contribution in [2.24, 2.45) is 0 Å². The molecule has 2 aliphatic rings. The van der Waals surface area contributed by atoms with Gasteiger partial charge in [-0.2, -0.15) is 0 Å². The monoisotopic (exact) mass is 401 g/mol. The zero-order valence-electron chi connectivity index (χ0n) is 14.1. The summed E-state index contributed by atoms with van der Waals surface area (Å²) < 4.78 is 38.6. The van der Waals surface area contributed by atoms with E-state index in [4.69, 9.17) is 14.2 Å². The van der Waals surface area contributed by atoms with E-state index in [0.717, 1.165) is 0 Å². The highest BCUT2D eigenvalue weighted by Crippen LogP contribution is 2.40. The lowest BCUT2D eigenvalue weighted by molar-refractivity contribution is -0.113. The Hall–Kier alpha value is -1.94. The summed E-state index contributed by atoms with van der Waals surface area (Å²) in [6.07, 6.45) is 0.560. The molecule has 2 heterocycles. The first-order chi connectivity index (χ1) is 12.4. The molecule has 0 aromatic heterocycles. The van der Waals surface area contributed by atoms with Crippen LogP contribution in [0.5, 0.6) is 11.5 Å². The molecule has 0 bridgehead atoms. The number of carbonyl (C=O) groups is 2. The van der Waals surface area contributed by atoms with Gasteiger partial charge in [-0.15, -0.1) is 11.8 Å². The van der Waals surface area contributed by atoms with Crippen LogP contribution in [0.15, 0.2) is 12.1 Å². The molecule has 1 amide bonds. The maximum absolute atomic E-state index is 12.2. The smallest absolute Gasteiger partial charge is 0.338 e. The average molecular weight is 401 g/mol. The van der Waals surface area contributed by atoms with E-state index in [1.807, 2.05) is 0 Å². The topological polar surface area (TPSA) is 108 Å². The van der Waals surface area contributed by atoms with Crippen LogP contribution in [0.1, 0.15) is 23.7 Å². The van der Waals surface area contributed by atoms with Crippen molar-refractivity contribution in [1.29, 1.82) is 0 Å². The molecule has 0 saturated carbocycles. The highest BCUT2D eigenvalue weighted by molar-refractivity contribution is 8.02. The molecule has 26 heavy (non-hydrogen) atoms. The number of sulfone groups is 1. The highest BCUT2D eigenvalue weighted by Gasteiger charge is 2.29. The Labute approximate surface area is 155 Å². The van der Waals surface area contributed by atoms with Crippen LogP contribution < -0.4 is 14.8 Å². The van der Waals surface area contributed by atoms with Crippen LogP contribution in [0.2, 0.25) is 0 Å². The van der Waals surface area contributed by atoms with Crippen LogP contribution in [0.25, 0.3) is 0 Å². The van der Waals surface area contributed by atoms with Gasteiger partial charge in [0.25, 0.3) is 0 Å². The number of carbonyl (C=O) groups excluding carboxylic acids is 2. The Kier molecular flexibility index (Phi) is 5.61. The summed E-state index contributed by atoms with van der Waals surface area (Å²) in [5, 5.41) is 2.63. The number of anilines is 1. The summed E-state index contributed by atoms with van der Waals surface area (Å²) in [4.78, 5) is 24.2. The Bertz CT molecular complexity index is 822. The summed E-state index contributed by atoms with van der Waals surface area (Å²) >= 11 is 1.31. The molecule has 2 aliphatic heterocycles. The Morgan fingerprint density at radius 2 is 2.15 bits per heavy atom. The second-order valence-corrected chi connectivity index (χ2v) is 9.38. The molecule has 1 aromatic rings. The molecule has 142 valence electrons. The lowest BCUT2D eigenvalue weighted by atomic mass is 10.1. The molecular formula is C16H19NO7S2. The molecule has 1 aromatic carbocycles. The largest absolute Gasteiger partial charge is 0.462 e. The van der Waals surface area contributed by atoms with Gasteiger partial charge in [-0.05, 0) is 25.5 Å². The first-order valence-corrected chi connectivity index (χ1v) is 11.0. The molecule has 1 atom stereocenters. The third-order valence-electron chi connectivity index (χ3n) is 3.90. The quantitative estimate of drug-likeness (QED) is 0.714. The van der Waals surface area contributed by atoms with E-state index in [1.165, 1.54) is 23.9 Å². The number of esters is 1. The molecule has 1 fully saturated rings. The fraction of sp³-hybridized carbons (Fsp3) is 0.500. The number of nitrogens with one attached hydrogen (secondary N) is 1. The predicted octanol–water partition coefficient (Wildman–Crippen LogP) is 1.45. The lowest BCUT2D eigenvalue weighted by Crippen LogP contribution is -2.18. The minimum absolute atomic E-state index is 0.000827. The zero-order chi connectivity index (χ0) is 18.7. The number of rotatable bonds is 6. The molecule has 8 nitrogen and oxygen atoms in total. The maximum Gasteiger partial charge on any atom is 0.338 e. The predicted molar refractivity (Wildman–Crippen MR) is 96.7 cm³/mol. The zero-order valence-corrected chi connectivity index (χ0v) is 15.8. The first kappa shape index (κ1) is 18.8. The molecule has 0 spiro atoms. The Balaban J connectivity index is 1.66. The molecule has 0 radical (unpaired) electrons.